The van der Waals surface area contributed by atoms with Crippen LogP contribution in [0.1, 0.15) is 30.3 Å². The first kappa shape index (κ1) is 30.5. The molecule has 3 aromatic heterocycles. The fraction of sp³-hybridized carbons (Fsp3) is 0.143. The van der Waals surface area contributed by atoms with Gasteiger partial charge in [0.1, 0.15) is 12.3 Å². The molecule has 6 rings (SSSR count). The SMILES string of the molecule is C=CCOc1ccc(/C=C/c2nc3s/c(=C\c4cn(-c5ccccc5)nc4-c4ccc(OCCC)c(F)c4)c(=O)n3n2)cc1OC. The highest BCUT2D eigenvalue weighted by Crippen LogP contribution is 2.30. The second-order valence-corrected chi connectivity index (χ2v) is 11.1. The lowest BCUT2D eigenvalue weighted by atomic mass is 10.1. The molecular formula is C35H30FN5O4S. The van der Waals surface area contributed by atoms with Crippen molar-refractivity contribution >= 4 is 34.5 Å². The summed E-state index contributed by atoms with van der Waals surface area (Å²) in [7, 11) is 1.58. The zero-order valence-corrected chi connectivity index (χ0v) is 26.0. The molecule has 0 radical (unpaired) electrons. The van der Waals surface area contributed by atoms with Crippen LogP contribution < -0.4 is 24.3 Å². The maximum atomic E-state index is 15.0. The third-order valence-electron chi connectivity index (χ3n) is 6.88. The average Bonchev–Trinajstić information content (AvgIpc) is 3.77. The lowest BCUT2D eigenvalue weighted by Gasteiger charge is -2.09. The van der Waals surface area contributed by atoms with E-state index < -0.39 is 5.82 Å². The molecule has 0 aliphatic rings. The van der Waals surface area contributed by atoms with Crippen LogP contribution in [0.5, 0.6) is 17.2 Å². The molecule has 0 amide bonds. The molecular weight excluding hydrogens is 605 g/mol. The maximum absolute atomic E-state index is 15.0. The minimum Gasteiger partial charge on any atom is -0.493 e. The van der Waals surface area contributed by atoms with Gasteiger partial charge in [-0.2, -0.15) is 14.6 Å². The fourth-order valence-corrected chi connectivity index (χ4v) is 5.60. The Bertz CT molecular complexity index is 2150. The van der Waals surface area contributed by atoms with Gasteiger partial charge < -0.3 is 14.2 Å². The Morgan fingerprint density at radius 3 is 2.54 bits per heavy atom. The number of halogens is 1. The van der Waals surface area contributed by atoms with Crippen molar-refractivity contribution < 1.29 is 18.6 Å². The predicted molar refractivity (Wildman–Crippen MR) is 178 cm³/mol. The normalized spacial score (nSPS) is 11.8. The van der Waals surface area contributed by atoms with E-state index in [1.165, 1.54) is 21.9 Å². The fourth-order valence-electron chi connectivity index (χ4n) is 4.69. The number of para-hydroxylation sites is 1. The number of fused-ring (bicyclic) bond motifs is 1. The van der Waals surface area contributed by atoms with E-state index in [2.05, 4.69) is 16.7 Å². The van der Waals surface area contributed by atoms with Gasteiger partial charge in [0.25, 0.3) is 5.56 Å². The summed E-state index contributed by atoms with van der Waals surface area (Å²) in [6, 6.07) is 19.9. The van der Waals surface area contributed by atoms with E-state index >= 15 is 0 Å². The molecule has 232 valence electrons. The van der Waals surface area contributed by atoms with Crippen LogP contribution in [-0.2, 0) is 0 Å². The maximum Gasteiger partial charge on any atom is 0.291 e. The van der Waals surface area contributed by atoms with Gasteiger partial charge >= 0.3 is 0 Å². The molecule has 0 aliphatic carbocycles. The molecule has 6 aromatic rings. The highest BCUT2D eigenvalue weighted by Gasteiger charge is 2.16. The number of ether oxygens (including phenoxy) is 3. The van der Waals surface area contributed by atoms with E-state index in [1.54, 1.807) is 42.2 Å². The molecule has 0 unspecified atom stereocenters. The highest BCUT2D eigenvalue weighted by atomic mass is 32.1. The second-order valence-electron chi connectivity index (χ2n) is 10.1. The molecule has 46 heavy (non-hydrogen) atoms. The molecule has 0 fully saturated rings. The van der Waals surface area contributed by atoms with Crippen molar-refractivity contribution in [1.29, 1.82) is 0 Å². The van der Waals surface area contributed by atoms with Crippen LogP contribution in [0.4, 0.5) is 4.39 Å². The molecule has 3 heterocycles. The van der Waals surface area contributed by atoms with Gasteiger partial charge in [-0.1, -0.05) is 61.3 Å². The average molecular weight is 636 g/mol. The number of aromatic nitrogens is 5. The van der Waals surface area contributed by atoms with Crippen molar-refractivity contribution in [2.24, 2.45) is 0 Å². The summed E-state index contributed by atoms with van der Waals surface area (Å²) in [5.74, 6) is 1.29. The van der Waals surface area contributed by atoms with Crippen molar-refractivity contribution in [3.8, 4) is 34.2 Å². The van der Waals surface area contributed by atoms with Crippen molar-refractivity contribution in [3.05, 3.63) is 123 Å². The molecule has 0 saturated heterocycles. The number of nitrogens with zero attached hydrogens (tertiary/aromatic N) is 5. The number of hydrogen-bond acceptors (Lipinski definition) is 8. The lowest BCUT2D eigenvalue weighted by molar-refractivity contribution is 0.301. The Hall–Kier alpha value is -5.55. The monoisotopic (exact) mass is 635 g/mol. The standard InChI is InChI=1S/C35H30FN5O4S/c1-4-17-44-28-15-13-24(20-27(28)36)33-25(22-40(39-33)26-9-7-6-8-10-26)21-31-34(42)41-35(46-31)37-32(38-41)16-12-23-11-14-29(45-18-5-2)30(19-23)43-3/h5-16,19-22H,2,4,17-18H2,1,3H3/b16-12+,31-21-. The molecule has 0 spiro atoms. The molecule has 0 atom stereocenters. The molecule has 0 bridgehead atoms. The summed E-state index contributed by atoms with van der Waals surface area (Å²) in [6.45, 7) is 6.41. The van der Waals surface area contributed by atoms with E-state index in [4.69, 9.17) is 19.3 Å². The Balaban J connectivity index is 1.34. The summed E-state index contributed by atoms with van der Waals surface area (Å²) >= 11 is 1.21. The van der Waals surface area contributed by atoms with Crippen LogP contribution >= 0.6 is 11.3 Å². The first-order chi connectivity index (χ1) is 22.5. The van der Waals surface area contributed by atoms with Crippen LogP contribution in [-0.4, -0.2) is 44.7 Å². The van der Waals surface area contributed by atoms with Gasteiger partial charge in [-0.3, -0.25) is 4.79 Å². The number of benzene rings is 3. The van der Waals surface area contributed by atoms with Gasteiger partial charge in [-0.15, -0.1) is 5.10 Å². The number of thiazole rings is 1. The lowest BCUT2D eigenvalue weighted by Crippen LogP contribution is -2.23. The number of hydrogen-bond donors (Lipinski definition) is 0. The van der Waals surface area contributed by atoms with Gasteiger partial charge in [-0.05, 0) is 66.6 Å². The molecule has 11 heteroatoms. The summed E-state index contributed by atoms with van der Waals surface area (Å²) in [5.41, 5.74) is 3.07. The van der Waals surface area contributed by atoms with Gasteiger partial charge in [0.05, 0.1) is 23.9 Å². The third-order valence-corrected chi connectivity index (χ3v) is 7.84. The number of methoxy groups -OCH3 is 1. The first-order valence-electron chi connectivity index (χ1n) is 14.6. The van der Waals surface area contributed by atoms with Crippen molar-refractivity contribution in [3.63, 3.8) is 0 Å². The van der Waals surface area contributed by atoms with Crippen LogP contribution in [0.25, 0.3) is 40.1 Å². The van der Waals surface area contributed by atoms with E-state index in [0.29, 0.717) is 56.9 Å². The quantitative estimate of drug-likeness (QED) is 0.147. The van der Waals surface area contributed by atoms with Crippen LogP contribution in [0.3, 0.4) is 0 Å². The Kier molecular flexibility index (Phi) is 9.02. The van der Waals surface area contributed by atoms with E-state index in [9.17, 15) is 9.18 Å². The second kappa shape index (κ2) is 13.6. The zero-order chi connectivity index (χ0) is 32.0. The van der Waals surface area contributed by atoms with Crippen LogP contribution in [0, 0.1) is 5.82 Å². The van der Waals surface area contributed by atoms with Gasteiger partial charge in [0, 0.05) is 17.3 Å². The largest absolute Gasteiger partial charge is 0.493 e. The van der Waals surface area contributed by atoms with Gasteiger partial charge in [0.15, 0.2) is 28.9 Å². The van der Waals surface area contributed by atoms with E-state index in [0.717, 1.165) is 17.7 Å². The Labute approximate surface area is 268 Å². The minimum atomic E-state index is -0.481. The van der Waals surface area contributed by atoms with Crippen LogP contribution in [0.2, 0.25) is 0 Å². The van der Waals surface area contributed by atoms with Crippen molar-refractivity contribution in [2.75, 3.05) is 20.3 Å². The van der Waals surface area contributed by atoms with E-state index in [1.807, 2.05) is 67.7 Å². The molecule has 0 aliphatic heterocycles. The zero-order valence-electron chi connectivity index (χ0n) is 25.2. The smallest absolute Gasteiger partial charge is 0.291 e. The Morgan fingerprint density at radius 2 is 1.80 bits per heavy atom. The summed E-state index contributed by atoms with van der Waals surface area (Å²) in [6.07, 6.45) is 9.55. The predicted octanol–water partition coefficient (Wildman–Crippen LogP) is 6.22. The van der Waals surface area contributed by atoms with Crippen molar-refractivity contribution in [1.82, 2.24) is 24.4 Å². The third kappa shape index (κ3) is 6.45. The molecule has 3 aromatic carbocycles. The van der Waals surface area contributed by atoms with Gasteiger partial charge in [0.2, 0.25) is 4.96 Å². The molecule has 0 saturated carbocycles. The summed E-state index contributed by atoms with van der Waals surface area (Å²) in [5, 5.41) is 9.18. The minimum absolute atomic E-state index is 0.185. The number of rotatable bonds is 12. The van der Waals surface area contributed by atoms with E-state index in [-0.39, 0.29) is 11.3 Å². The highest BCUT2D eigenvalue weighted by molar-refractivity contribution is 7.15. The van der Waals surface area contributed by atoms with Gasteiger partial charge in [-0.25, -0.2) is 9.07 Å². The first-order valence-corrected chi connectivity index (χ1v) is 15.4. The molecule has 0 N–H and O–H groups in total. The molecule has 9 nitrogen and oxygen atoms in total. The van der Waals surface area contributed by atoms with Crippen LogP contribution in [0.15, 0.2) is 90.4 Å². The summed E-state index contributed by atoms with van der Waals surface area (Å²) in [4.78, 5) is 18.4. The Morgan fingerprint density at radius 1 is 0.978 bits per heavy atom. The van der Waals surface area contributed by atoms with Crippen molar-refractivity contribution in [2.45, 2.75) is 13.3 Å². The topological polar surface area (TPSA) is 92.8 Å². The summed E-state index contributed by atoms with van der Waals surface area (Å²) < 4.78 is 34.9.